The molecule has 17 heavy (non-hydrogen) atoms. The van der Waals surface area contributed by atoms with E-state index in [0.717, 1.165) is 0 Å². The topological polar surface area (TPSA) is 96.2 Å². The first-order valence-electron chi connectivity index (χ1n) is 5.79. The van der Waals surface area contributed by atoms with Crippen molar-refractivity contribution < 1.29 is 29.6 Å². The Hall–Kier alpha value is -0.690. The molecule has 0 bridgehead atoms. The molecule has 1 aliphatic heterocycles. The Morgan fingerprint density at radius 1 is 1.47 bits per heavy atom. The van der Waals surface area contributed by atoms with Gasteiger partial charge in [0.15, 0.2) is 6.29 Å². The van der Waals surface area contributed by atoms with E-state index in [0.29, 0.717) is 6.42 Å². The van der Waals surface area contributed by atoms with Crippen LogP contribution in [0.1, 0.15) is 33.1 Å². The second-order valence-corrected chi connectivity index (χ2v) is 4.46. The third-order valence-corrected chi connectivity index (χ3v) is 2.82. The van der Waals surface area contributed by atoms with E-state index in [2.05, 4.69) is 0 Å². The minimum Gasteiger partial charge on any atom is -0.481 e. The van der Waals surface area contributed by atoms with Crippen LogP contribution in [0.4, 0.5) is 0 Å². The van der Waals surface area contributed by atoms with Gasteiger partial charge in [-0.1, -0.05) is 0 Å². The highest BCUT2D eigenvalue weighted by atomic mass is 16.7. The number of carboxylic acid groups (broad SMARTS) is 1. The van der Waals surface area contributed by atoms with Crippen LogP contribution >= 0.6 is 0 Å². The van der Waals surface area contributed by atoms with Gasteiger partial charge in [0.1, 0.15) is 6.10 Å². The third kappa shape index (κ3) is 4.59. The van der Waals surface area contributed by atoms with Crippen LogP contribution in [0.25, 0.3) is 0 Å². The van der Waals surface area contributed by atoms with Crippen LogP contribution in [-0.4, -0.2) is 52.0 Å². The van der Waals surface area contributed by atoms with Gasteiger partial charge in [0.2, 0.25) is 0 Å². The van der Waals surface area contributed by atoms with E-state index in [1.54, 1.807) is 13.8 Å². The zero-order chi connectivity index (χ0) is 13.0. The van der Waals surface area contributed by atoms with Gasteiger partial charge < -0.3 is 24.8 Å². The third-order valence-electron chi connectivity index (χ3n) is 2.82. The van der Waals surface area contributed by atoms with E-state index in [4.69, 9.17) is 14.6 Å². The lowest BCUT2D eigenvalue weighted by Gasteiger charge is -2.36. The minimum atomic E-state index is -0.881. The van der Waals surface area contributed by atoms with Crippen LogP contribution in [0.2, 0.25) is 0 Å². The van der Waals surface area contributed by atoms with Gasteiger partial charge in [0.25, 0.3) is 0 Å². The Morgan fingerprint density at radius 2 is 2.12 bits per heavy atom. The lowest BCUT2D eigenvalue weighted by atomic mass is 10.0. The molecule has 0 saturated carbocycles. The lowest BCUT2D eigenvalue weighted by Crippen LogP contribution is -2.48. The molecule has 3 N–H and O–H groups in total. The van der Waals surface area contributed by atoms with E-state index in [1.807, 2.05) is 0 Å². The molecule has 1 heterocycles. The van der Waals surface area contributed by atoms with Gasteiger partial charge in [-0.05, 0) is 20.3 Å². The normalized spacial score (nSPS) is 35.5. The standard InChI is InChI=1S/C11H20O6/c1-6(3-4-10(14)15)16-11-9(13)5-8(12)7(2)17-11/h6-9,11-13H,3-5H2,1-2H3,(H,14,15)/t6-,7?,8+,9-,11+/m1/s1. The molecule has 0 aromatic heterocycles. The lowest BCUT2D eigenvalue weighted by molar-refractivity contribution is -0.273. The van der Waals surface area contributed by atoms with Crippen molar-refractivity contribution in [2.75, 3.05) is 0 Å². The number of hydrogen-bond acceptors (Lipinski definition) is 5. The average molecular weight is 248 g/mol. The molecule has 0 spiro atoms. The number of ether oxygens (including phenoxy) is 2. The summed E-state index contributed by atoms with van der Waals surface area (Å²) < 4.78 is 10.7. The number of carboxylic acids is 1. The Kier molecular flexibility index (Phi) is 5.32. The van der Waals surface area contributed by atoms with Crippen LogP contribution in [-0.2, 0) is 14.3 Å². The average Bonchev–Trinajstić information content (AvgIpc) is 2.23. The van der Waals surface area contributed by atoms with Crippen molar-refractivity contribution in [3.63, 3.8) is 0 Å². The summed E-state index contributed by atoms with van der Waals surface area (Å²) in [6.45, 7) is 3.43. The highest BCUT2D eigenvalue weighted by Gasteiger charge is 2.35. The molecule has 0 aromatic rings. The summed E-state index contributed by atoms with van der Waals surface area (Å²) >= 11 is 0. The maximum atomic E-state index is 10.4. The van der Waals surface area contributed by atoms with Crippen molar-refractivity contribution >= 4 is 5.97 Å². The molecular formula is C11H20O6. The second-order valence-electron chi connectivity index (χ2n) is 4.46. The van der Waals surface area contributed by atoms with Crippen LogP contribution < -0.4 is 0 Å². The molecule has 1 unspecified atom stereocenters. The Labute approximate surface area is 100 Å². The van der Waals surface area contributed by atoms with Crippen molar-refractivity contribution in [2.24, 2.45) is 0 Å². The molecule has 6 nitrogen and oxygen atoms in total. The van der Waals surface area contributed by atoms with E-state index < -0.39 is 30.6 Å². The van der Waals surface area contributed by atoms with Crippen molar-refractivity contribution in [1.29, 1.82) is 0 Å². The van der Waals surface area contributed by atoms with E-state index in [-0.39, 0.29) is 18.9 Å². The molecular weight excluding hydrogens is 228 g/mol. The molecule has 5 atom stereocenters. The van der Waals surface area contributed by atoms with Crippen molar-refractivity contribution in [1.82, 2.24) is 0 Å². The maximum Gasteiger partial charge on any atom is 0.303 e. The monoisotopic (exact) mass is 248 g/mol. The van der Waals surface area contributed by atoms with Crippen molar-refractivity contribution in [3.05, 3.63) is 0 Å². The summed E-state index contributed by atoms with van der Waals surface area (Å²) in [5.41, 5.74) is 0. The van der Waals surface area contributed by atoms with Crippen LogP contribution in [0.15, 0.2) is 0 Å². The largest absolute Gasteiger partial charge is 0.481 e. The fourth-order valence-corrected chi connectivity index (χ4v) is 1.69. The molecule has 0 aliphatic carbocycles. The van der Waals surface area contributed by atoms with Crippen LogP contribution in [0, 0.1) is 0 Å². The highest BCUT2D eigenvalue weighted by Crippen LogP contribution is 2.22. The fraction of sp³-hybridized carbons (Fsp3) is 0.909. The first-order valence-corrected chi connectivity index (χ1v) is 5.79. The molecule has 0 amide bonds. The Balaban J connectivity index is 2.37. The molecule has 1 fully saturated rings. The van der Waals surface area contributed by atoms with Crippen molar-refractivity contribution in [2.45, 2.75) is 63.8 Å². The van der Waals surface area contributed by atoms with Gasteiger partial charge in [-0.3, -0.25) is 4.79 Å². The number of hydrogen-bond donors (Lipinski definition) is 3. The number of aliphatic hydroxyl groups is 2. The SMILES string of the molecule is CC1O[C@H](O[C@H](C)CCC(=O)O)[C@H](O)C[C@@H]1O. The molecule has 1 saturated heterocycles. The summed E-state index contributed by atoms with van der Waals surface area (Å²) in [4.78, 5) is 10.4. The van der Waals surface area contributed by atoms with Gasteiger partial charge >= 0.3 is 5.97 Å². The first-order chi connectivity index (χ1) is 7.90. The molecule has 0 aromatic carbocycles. The van der Waals surface area contributed by atoms with E-state index in [1.165, 1.54) is 0 Å². The quantitative estimate of drug-likeness (QED) is 0.639. The molecule has 100 valence electrons. The summed E-state index contributed by atoms with van der Waals surface area (Å²) in [5, 5.41) is 27.6. The Bertz CT molecular complexity index is 256. The molecule has 6 heteroatoms. The van der Waals surface area contributed by atoms with Gasteiger partial charge in [-0.2, -0.15) is 0 Å². The fourth-order valence-electron chi connectivity index (χ4n) is 1.69. The summed E-state index contributed by atoms with van der Waals surface area (Å²) in [7, 11) is 0. The predicted molar refractivity (Wildman–Crippen MR) is 58.4 cm³/mol. The van der Waals surface area contributed by atoms with Gasteiger partial charge in [0.05, 0.1) is 18.3 Å². The van der Waals surface area contributed by atoms with Crippen LogP contribution in [0.3, 0.4) is 0 Å². The van der Waals surface area contributed by atoms with Gasteiger partial charge in [-0.25, -0.2) is 0 Å². The summed E-state index contributed by atoms with van der Waals surface area (Å²) in [6, 6.07) is 0. The summed E-state index contributed by atoms with van der Waals surface area (Å²) in [5.74, 6) is -0.880. The number of aliphatic carboxylic acids is 1. The van der Waals surface area contributed by atoms with E-state index in [9.17, 15) is 15.0 Å². The number of carbonyl (C=O) groups is 1. The highest BCUT2D eigenvalue weighted by molar-refractivity contribution is 5.66. The zero-order valence-electron chi connectivity index (χ0n) is 10.1. The first kappa shape index (κ1) is 14.4. The molecule has 1 rings (SSSR count). The van der Waals surface area contributed by atoms with E-state index >= 15 is 0 Å². The second kappa shape index (κ2) is 6.30. The smallest absolute Gasteiger partial charge is 0.303 e. The number of aliphatic hydroxyl groups excluding tert-OH is 2. The minimum absolute atomic E-state index is 0.0160. The van der Waals surface area contributed by atoms with Gasteiger partial charge in [-0.15, -0.1) is 0 Å². The van der Waals surface area contributed by atoms with Gasteiger partial charge in [0, 0.05) is 12.8 Å². The zero-order valence-corrected chi connectivity index (χ0v) is 10.1. The Morgan fingerprint density at radius 3 is 2.71 bits per heavy atom. The number of rotatable bonds is 5. The van der Waals surface area contributed by atoms with Crippen molar-refractivity contribution in [3.8, 4) is 0 Å². The maximum absolute atomic E-state index is 10.4. The van der Waals surface area contributed by atoms with Crippen LogP contribution in [0.5, 0.6) is 0 Å². The predicted octanol–water partition coefficient (Wildman–Crippen LogP) is 0.113. The molecule has 1 aliphatic rings. The molecule has 0 radical (unpaired) electrons. The summed E-state index contributed by atoms with van der Waals surface area (Å²) in [6.07, 6.45) is -2.49.